The highest BCUT2D eigenvalue weighted by Crippen LogP contribution is 2.62. The van der Waals surface area contributed by atoms with E-state index in [1.54, 1.807) is 5.57 Å². The van der Waals surface area contributed by atoms with Crippen LogP contribution < -0.4 is 0 Å². The van der Waals surface area contributed by atoms with Crippen LogP contribution in [-0.2, 0) is 18.3 Å². The zero-order valence-corrected chi connectivity index (χ0v) is 36.6. The molecule has 0 amide bonds. The molecule has 5 fully saturated rings. The van der Waals surface area contributed by atoms with Crippen molar-refractivity contribution >= 4 is 16.6 Å². The molecule has 1 N–H and O–H groups in total. The molecule has 4 aliphatic carbocycles. The van der Waals surface area contributed by atoms with Gasteiger partial charge in [-0.2, -0.15) is 0 Å². The summed E-state index contributed by atoms with van der Waals surface area (Å²) >= 11 is 0. The molecule has 50 heavy (non-hydrogen) atoms. The second kappa shape index (κ2) is 14.3. The van der Waals surface area contributed by atoms with Crippen LogP contribution in [-0.4, -0.2) is 59.1 Å². The Bertz CT molecular complexity index is 1290. The summed E-state index contributed by atoms with van der Waals surface area (Å²) in [7, 11) is -3.96. The molecule has 0 spiro atoms. The largest absolute Gasteiger partial charge is 0.413 e. The SMILES string of the molecule is C=C1/C(=C\C=C2/CCC[C@]3(C)[C@@H]([C@H](C)[C@@H](O)CCC4(C5(C)OCCO5)CC4)CC[C@@H]23)C[C@@H](O[Si](C)(C)C(C)(C)C)C[C@@H]1O[Si](C)(C)C(C)(C)C. The van der Waals surface area contributed by atoms with Gasteiger partial charge >= 0.3 is 0 Å². The maximum absolute atomic E-state index is 11.6. The van der Waals surface area contributed by atoms with E-state index in [0.717, 1.165) is 44.1 Å². The third-order valence-corrected chi connectivity index (χ3v) is 24.6. The van der Waals surface area contributed by atoms with Crippen LogP contribution in [0.5, 0.6) is 0 Å². The molecule has 286 valence electrons. The van der Waals surface area contributed by atoms with Gasteiger partial charge in [0.05, 0.1) is 31.5 Å². The molecule has 1 aliphatic heterocycles. The van der Waals surface area contributed by atoms with Crippen molar-refractivity contribution in [2.75, 3.05) is 13.2 Å². The molecule has 1 heterocycles. The van der Waals surface area contributed by atoms with Crippen molar-refractivity contribution in [2.24, 2.45) is 28.6 Å². The normalized spacial score (nSPS) is 34.6. The van der Waals surface area contributed by atoms with Crippen LogP contribution in [0.15, 0.2) is 35.5 Å². The van der Waals surface area contributed by atoms with Gasteiger partial charge in [0.25, 0.3) is 0 Å². The zero-order valence-electron chi connectivity index (χ0n) is 34.6. The second-order valence-electron chi connectivity index (χ2n) is 20.7. The summed E-state index contributed by atoms with van der Waals surface area (Å²) in [6.45, 7) is 36.6. The van der Waals surface area contributed by atoms with Crippen LogP contribution in [0.25, 0.3) is 0 Å². The smallest absolute Gasteiger partial charge is 0.192 e. The lowest BCUT2D eigenvalue weighted by atomic mass is 9.60. The van der Waals surface area contributed by atoms with Crippen molar-refractivity contribution < 1.29 is 23.4 Å². The van der Waals surface area contributed by atoms with E-state index in [1.165, 1.54) is 37.7 Å². The number of aliphatic hydroxyl groups is 1. The molecular formula is C43H76O5Si2. The molecule has 0 aromatic carbocycles. The highest BCUT2D eigenvalue weighted by molar-refractivity contribution is 6.74. The predicted molar refractivity (Wildman–Crippen MR) is 213 cm³/mol. The Morgan fingerprint density at radius 3 is 2.10 bits per heavy atom. The Hall–Kier alpha value is -0.546. The van der Waals surface area contributed by atoms with E-state index in [1.807, 2.05) is 0 Å². The molecule has 0 unspecified atom stereocenters. The number of ether oxygens (including phenoxy) is 2. The van der Waals surface area contributed by atoms with Crippen LogP contribution in [0.1, 0.15) is 133 Å². The molecule has 4 saturated carbocycles. The molecule has 0 aromatic rings. The third kappa shape index (κ3) is 7.96. The van der Waals surface area contributed by atoms with E-state index in [4.69, 9.17) is 24.9 Å². The van der Waals surface area contributed by atoms with Gasteiger partial charge in [-0.05, 0) is 142 Å². The van der Waals surface area contributed by atoms with Crippen molar-refractivity contribution in [1.82, 2.24) is 0 Å². The molecule has 0 bridgehead atoms. The summed E-state index contributed by atoms with van der Waals surface area (Å²) < 4.78 is 26.4. The Morgan fingerprint density at radius 1 is 0.920 bits per heavy atom. The highest BCUT2D eigenvalue weighted by Gasteiger charge is 2.60. The van der Waals surface area contributed by atoms with E-state index in [0.29, 0.717) is 25.0 Å². The number of allylic oxidation sites excluding steroid dienone is 3. The summed E-state index contributed by atoms with van der Waals surface area (Å²) in [5.41, 5.74) is 4.41. The van der Waals surface area contributed by atoms with Crippen molar-refractivity contribution in [3.8, 4) is 0 Å². The van der Waals surface area contributed by atoms with Crippen LogP contribution in [0.2, 0.25) is 36.3 Å². The molecule has 1 saturated heterocycles. The summed E-state index contributed by atoms with van der Waals surface area (Å²) in [6.07, 6.45) is 16.8. The number of rotatable bonds is 11. The van der Waals surface area contributed by atoms with Crippen molar-refractivity contribution in [3.05, 3.63) is 35.5 Å². The van der Waals surface area contributed by atoms with Crippen LogP contribution >= 0.6 is 0 Å². The number of fused-ring (bicyclic) bond motifs is 1. The van der Waals surface area contributed by atoms with Gasteiger partial charge in [-0.15, -0.1) is 0 Å². The highest BCUT2D eigenvalue weighted by atomic mass is 28.4. The number of hydrogen-bond donors (Lipinski definition) is 1. The molecule has 0 aromatic heterocycles. The van der Waals surface area contributed by atoms with Gasteiger partial charge in [0.2, 0.25) is 0 Å². The first-order valence-electron chi connectivity index (χ1n) is 20.4. The maximum atomic E-state index is 11.6. The first-order valence-corrected chi connectivity index (χ1v) is 26.2. The molecule has 5 aliphatic rings. The van der Waals surface area contributed by atoms with E-state index in [2.05, 4.69) is 101 Å². The van der Waals surface area contributed by atoms with E-state index in [-0.39, 0.29) is 45.1 Å². The minimum Gasteiger partial charge on any atom is -0.413 e. The van der Waals surface area contributed by atoms with E-state index >= 15 is 0 Å². The summed E-state index contributed by atoms with van der Waals surface area (Å²) in [5.74, 6) is 0.946. The van der Waals surface area contributed by atoms with Crippen LogP contribution in [0, 0.1) is 28.6 Å². The fourth-order valence-corrected chi connectivity index (χ4v) is 12.4. The van der Waals surface area contributed by atoms with Gasteiger partial charge in [0.1, 0.15) is 0 Å². The minimum absolute atomic E-state index is 0.00281. The topological polar surface area (TPSA) is 57.2 Å². The lowest BCUT2D eigenvalue weighted by Gasteiger charge is -2.46. The molecule has 5 rings (SSSR count). The van der Waals surface area contributed by atoms with Gasteiger partial charge in [-0.1, -0.05) is 79.7 Å². The second-order valence-corrected chi connectivity index (χ2v) is 30.3. The van der Waals surface area contributed by atoms with Gasteiger partial charge in [-0.3, -0.25) is 0 Å². The quantitative estimate of drug-likeness (QED) is 0.215. The van der Waals surface area contributed by atoms with Gasteiger partial charge in [0.15, 0.2) is 22.4 Å². The van der Waals surface area contributed by atoms with Crippen molar-refractivity contribution in [2.45, 2.75) is 193 Å². The first kappa shape index (κ1) is 40.6. The monoisotopic (exact) mass is 729 g/mol. The first-order chi connectivity index (χ1) is 23.0. The average molecular weight is 729 g/mol. The lowest BCUT2D eigenvalue weighted by molar-refractivity contribution is -0.195. The predicted octanol–water partition coefficient (Wildman–Crippen LogP) is 11.5. The van der Waals surface area contributed by atoms with Crippen LogP contribution in [0.3, 0.4) is 0 Å². The Kier molecular flexibility index (Phi) is 11.6. The molecular weight excluding hydrogens is 653 g/mol. The lowest BCUT2D eigenvalue weighted by Crippen LogP contribution is -2.49. The molecule has 7 atom stereocenters. The minimum atomic E-state index is -2.00. The Labute approximate surface area is 309 Å². The number of hydrogen-bond acceptors (Lipinski definition) is 5. The van der Waals surface area contributed by atoms with Gasteiger partial charge in [0, 0.05) is 11.8 Å². The zero-order chi connectivity index (χ0) is 37.1. The Balaban J connectivity index is 1.32. The summed E-state index contributed by atoms with van der Waals surface area (Å²) in [5, 5.41) is 11.9. The van der Waals surface area contributed by atoms with Crippen molar-refractivity contribution in [3.63, 3.8) is 0 Å². The fourth-order valence-electron chi connectivity index (χ4n) is 9.77. The standard InChI is InChI=1S/C43H76O5Si2/c1-30-33(28-34(47-49(11,12)39(3,4)5)29-38(30)48-50(13,14)40(6,7)8)18-17-32-16-15-22-41(9)35(19-20-36(32)41)31(2)37(44)21-23-43(24-25-43)42(10)45-26-27-46-42/h17-18,31,34-38,44H,1,15-16,19-29H2,2-14H3/b32-17+,33-18-/t31-,34+,35+,36-,37-,38-,41+/m0/s1. The molecule has 7 heteroatoms. The van der Waals surface area contributed by atoms with E-state index < -0.39 is 22.4 Å². The van der Waals surface area contributed by atoms with Crippen LogP contribution in [0.4, 0.5) is 0 Å². The summed E-state index contributed by atoms with van der Waals surface area (Å²) in [6, 6.07) is 0. The molecule has 5 nitrogen and oxygen atoms in total. The average Bonchev–Trinajstić information content (AvgIpc) is 3.54. The third-order valence-electron chi connectivity index (χ3n) is 15.6. The van der Waals surface area contributed by atoms with Gasteiger partial charge in [-0.25, -0.2) is 0 Å². The van der Waals surface area contributed by atoms with Gasteiger partial charge < -0.3 is 23.4 Å². The Morgan fingerprint density at radius 2 is 1.52 bits per heavy atom. The van der Waals surface area contributed by atoms with E-state index in [9.17, 15) is 5.11 Å². The molecule has 0 radical (unpaired) electrons. The maximum Gasteiger partial charge on any atom is 0.192 e. The summed E-state index contributed by atoms with van der Waals surface area (Å²) in [4.78, 5) is 0. The number of aliphatic hydroxyl groups excluding tert-OH is 1. The fraction of sp³-hybridized carbons (Fsp3) is 0.860. The van der Waals surface area contributed by atoms with Crippen molar-refractivity contribution in [1.29, 1.82) is 0 Å².